The summed E-state index contributed by atoms with van der Waals surface area (Å²) in [5, 5.41) is 3.46. The number of hydrogen-bond donors (Lipinski definition) is 2. The van der Waals surface area contributed by atoms with Gasteiger partial charge in [-0.05, 0) is 25.7 Å². The molecule has 1 heterocycles. The third-order valence-electron chi connectivity index (χ3n) is 3.19. The molecule has 0 aliphatic heterocycles. The fourth-order valence-corrected chi connectivity index (χ4v) is 2.02. The number of nitrogens with one attached hydrogen (secondary N) is 1. The van der Waals surface area contributed by atoms with Crippen molar-refractivity contribution in [2.45, 2.75) is 57.9 Å². The van der Waals surface area contributed by atoms with Crippen molar-refractivity contribution in [3.8, 4) is 0 Å². The zero-order chi connectivity index (χ0) is 12.3. The molecule has 1 unspecified atom stereocenters. The molecule has 1 aromatic rings. The van der Waals surface area contributed by atoms with Gasteiger partial charge in [0.2, 0.25) is 0 Å². The number of nitrogens with zero attached hydrogens (tertiary/aromatic N) is 2. The van der Waals surface area contributed by atoms with Gasteiger partial charge in [0.1, 0.15) is 17.5 Å². The molecule has 0 radical (unpaired) electrons. The molecule has 94 valence electrons. The Morgan fingerprint density at radius 2 is 2.18 bits per heavy atom. The van der Waals surface area contributed by atoms with E-state index in [4.69, 9.17) is 5.73 Å². The number of aromatic nitrogens is 2. The Hall–Kier alpha value is -1.32. The summed E-state index contributed by atoms with van der Waals surface area (Å²) in [6.45, 7) is 4.40. The highest BCUT2D eigenvalue weighted by atomic mass is 15.1. The first-order valence-electron chi connectivity index (χ1n) is 6.64. The summed E-state index contributed by atoms with van der Waals surface area (Å²) < 4.78 is 0. The number of hydrogen-bond acceptors (Lipinski definition) is 4. The minimum Gasteiger partial charge on any atom is -0.384 e. The summed E-state index contributed by atoms with van der Waals surface area (Å²) in [4.78, 5) is 8.86. The van der Waals surface area contributed by atoms with Crippen LogP contribution in [-0.4, -0.2) is 16.0 Å². The van der Waals surface area contributed by atoms with E-state index in [0.717, 1.165) is 18.1 Å². The first-order valence-corrected chi connectivity index (χ1v) is 6.64. The molecule has 17 heavy (non-hydrogen) atoms. The maximum Gasteiger partial charge on any atom is 0.136 e. The smallest absolute Gasteiger partial charge is 0.136 e. The van der Waals surface area contributed by atoms with Crippen LogP contribution in [0.5, 0.6) is 0 Å². The second-order valence-corrected chi connectivity index (χ2v) is 4.85. The zero-order valence-corrected chi connectivity index (χ0v) is 10.7. The van der Waals surface area contributed by atoms with Gasteiger partial charge in [0, 0.05) is 18.0 Å². The SMILES string of the molecule is CCCC(CC)Nc1cc(N)nc(C2CC2)n1. The fraction of sp³-hybridized carbons (Fsp3) is 0.692. The summed E-state index contributed by atoms with van der Waals surface area (Å²) in [6, 6.07) is 2.32. The van der Waals surface area contributed by atoms with Crippen LogP contribution < -0.4 is 11.1 Å². The van der Waals surface area contributed by atoms with Gasteiger partial charge >= 0.3 is 0 Å². The van der Waals surface area contributed by atoms with E-state index >= 15 is 0 Å². The van der Waals surface area contributed by atoms with Crippen molar-refractivity contribution < 1.29 is 0 Å². The molecule has 4 nitrogen and oxygen atoms in total. The largest absolute Gasteiger partial charge is 0.384 e. The average molecular weight is 234 g/mol. The van der Waals surface area contributed by atoms with Crippen LogP contribution >= 0.6 is 0 Å². The molecule has 0 spiro atoms. The molecule has 4 heteroatoms. The Bertz CT molecular complexity index is 374. The lowest BCUT2D eigenvalue weighted by Crippen LogP contribution is -2.19. The van der Waals surface area contributed by atoms with E-state index in [1.807, 2.05) is 6.07 Å². The Morgan fingerprint density at radius 1 is 1.41 bits per heavy atom. The van der Waals surface area contributed by atoms with Crippen molar-refractivity contribution >= 4 is 11.6 Å². The predicted molar refractivity (Wildman–Crippen MR) is 71.0 cm³/mol. The molecule has 1 aliphatic carbocycles. The molecule has 3 N–H and O–H groups in total. The van der Waals surface area contributed by atoms with Crippen LogP contribution in [0, 0.1) is 0 Å². The van der Waals surface area contributed by atoms with Gasteiger partial charge in [0.05, 0.1) is 0 Å². The van der Waals surface area contributed by atoms with E-state index in [1.165, 1.54) is 25.7 Å². The highest BCUT2D eigenvalue weighted by molar-refractivity contribution is 5.46. The van der Waals surface area contributed by atoms with Crippen LogP contribution in [0.2, 0.25) is 0 Å². The quantitative estimate of drug-likeness (QED) is 0.794. The van der Waals surface area contributed by atoms with E-state index in [0.29, 0.717) is 17.8 Å². The number of rotatable bonds is 6. The van der Waals surface area contributed by atoms with Gasteiger partial charge in [0.25, 0.3) is 0 Å². The molecule has 1 fully saturated rings. The van der Waals surface area contributed by atoms with Crippen LogP contribution in [0.3, 0.4) is 0 Å². The van der Waals surface area contributed by atoms with Crippen molar-refractivity contribution in [3.63, 3.8) is 0 Å². The maximum atomic E-state index is 5.83. The topological polar surface area (TPSA) is 63.8 Å². The van der Waals surface area contributed by atoms with Crippen molar-refractivity contribution in [1.29, 1.82) is 0 Å². The maximum absolute atomic E-state index is 5.83. The first kappa shape index (κ1) is 12.1. The van der Waals surface area contributed by atoms with Gasteiger partial charge in [-0.2, -0.15) is 0 Å². The van der Waals surface area contributed by atoms with Gasteiger partial charge in [-0.25, -0.2) is 9.97 Å². The van der Waals surface area contributed by atoms with Gasteiger partial charge in [0.15, 0.2) is 0 Å². The molecule has 1 aromatic heterocycles. The highest BCUT2D eigenvalue weighted by Crippen LogP contribution is 2.38. The van der Waals surface area contributed by atoms with E-state index in [1.54, 1.807) is 0 Å². The van der Waals surface area contributed by atoms with Crippen LogP contribution in [0.15, 0.2) is 6.07 Å². The molecule has 0 amide bonds. The lowest BCUT2D eigenvalue weighted by molar-refractivity contribution is 0.619. The summed E-state index contributed by atoms with van der Waals surface area (Å²) in [5.74, 6) is 2.93. The Morgan fingerprint density at radius 3 is 2.76 bits per heavy atom. The highest BCUT2D eigenvalue weighted by Gasteiger charge is 2.27. The Labute approximate surface area is 103 Å². The molecule has 0 saturated heterocycles. The van der Waals surface area contributed by atoms with Gasteiger partial charge in [-0.1, -0.05) is 20.3 Å². The van der Waals surface area contributed by atoms with E-state index in [-0.39, 0.29) is 0 Å². The van der Waals surface area contributed by atoms with Gasteiger partial charge < -0.3 is 11.1 Å². The van der Waals surface area contributed by atoms with E-state index in [9.17, 15) is 0 Å². The molecule has 1 atom stereocenters. The minimum absolute atomic E-state index is 0.487. The molecular formula is C13H22N4. The first-order chi connectivity index (χ1) is 8.22. The normalized spacial score (nSPS) is 16.8. The van der Waals surface area contributed by atoms with Crippen LogP contribution in [-0.2, 0) is 0 Å². The fourth-order valence-electron chi connectivity index (χ4n) is 2.02. The van der Waals surface area contributed by atoms with Crippen molar-refractivity contribution in [1.82, 2.24) is 9.97 Å². The molecule has 2 rings (SSSR count). The van der Waals surface area contributed by atoms with Gasteiger partial charge in [-0.3, -0.25) is 0 Å². The van der Waals surface area contributed by atoms with E-state index < -0.39 is 0 Å². The Balaban J connectivity index is 2.08. The number of anilines is 2. The second-order valence-electron chi connectivity index (χ2n) is 4.85. The Kier molecular flexibility index (Phi) is 3.82. The lowest BCUT2D eigenvalue weighted by atomic mass is 10.1. The summed E-state index contributed by atoms with van der Waals surface area (Å²) >= 11 is 0. The zero-order valence-electron chi connectivity index (χ0n) is 10.7. The number of nitrogen functional groups attached to an aromatic ring is 1. The summed E-state index contributed by atoms with van der Waals surface area (Å²) in [5.41, 5.74) is 5.83. The van der Waals surface area contributed by atoms with Crippen molar-refractivity contribution in [2.75, 3.05) is 11.1 Å². The molecular weight excluding hydrogens is 212 g/mol. The van der Waals surface area contributed by atoms with Crippen molar-refractivity contribution in [3.05, 3.63) is 11.9 Å². The van der Waals surface area contributed by atoms with E-state index in [2.05, 4.69) is 29.1 Å². The molecule has 1 saturated carbocycles. The average Bonchev–Trinajstić information content (AvgIpc) is 3.11. The number of nitrogens with two attached hydrogens (primary N) is 1. The second kappa shape index (κ2) is 5.34. The summed E-state index contributed by atoms with van der Waals surface area (Å²) in [6.07, 6.45) is 5.86. The summed E-state index contributed by atoms with van der Waals surface area (Å²) in [7, 11) is 0. The van der Waals surface area contributed by atoms with Crippen LogP contribution in [0.1, 0.15) is 57.7 Å². The van der Waals surface area contributed by atoms with Gasteiger partial charge in [-0.15, -0.1) is 0 Å². The molecule has 1 aliphatic rings. The molecule has 0 bridgehead atoms. The predicted octanol–water partition coefficient (Wildman–Crippen LogP) is 2.93. The monoisotopic (exact) mass is 234 g/mol. The lowest BCUT2D eigenvalue weighted by Gasteiger charge is -2.17. The minimum atomic E-state index is 0.487. The van der Waals surface area contributed by atoms with Crippen LogP contribution in [0.25, 0.3) is 0 Å². The van der Waals surface area contributed by atoms with Crippen LogP contribution in [0.4, 0.5) is 11.6 Å². The third-order valence-corrected chi connectivity index (χ3v) is 3.19. The van der Waals surface area contributed by atoms with Crippen molar-refractivity contribution in [2.24, 2.45) is 0 Å². The standard InChI is InChI=1S/C13H22N4/c1-3-5-10(4-2)15-12-8-11(14)16-13(17-12)9-6-7-9/h8-10H,3-7H2,1-2H3,(H3,14,15,16,17). The third kappa shape index (κ3) is 3.32. The molecule has 0 aromatic carbocycles.